The monoisotopic (exact) mass is 838 g/mol. The molecule has 56 heavy (non-hydrogen) atoms. The number of hydrogen-bond donors (Lipinski definition) is 0. The van der Waals surface area contributed by atoms with Crippen molar-refractivity contribution in [1.82, 2.24) is 0 Å². The van der Waals surface area contributed by atoms with Crippen LogP contribution in [0.2, 0.25) is 0 Å². The van der Waals surface area contributed by atoms with Crippen LogP contribution in [0.4, 0.5) is 0 Å². The van der Waals surface area contributed by atoms with Crippen molar-refractivity contribution in [3.63, 3.8) is 0 Å². The molecule has 0 bridgehead atoms. The van der Waals surface area contributed by atoms with E-state index >= 15 is 0 Å². The third-order valence-corrected chi connectivity index (χ3v) is 9.36. The normalized spacial score (nSPS) is 11.5. The van der Waals surface area contributed by atoms with Gasteiger partial charge in [-0.2, -0.15) is 0 Å². The van der Waals surface area contributed by atoms with Crippen LogP contribution in [-0.2, 0) is 20.2 Å². The molecule has 0 N–H and O–H groups in total. The van der Waals surface area contributed by atoms with E-state index in [0.717, 1.165) is 8.97 Å². The molecule has 0 atom stereocenters. The standard InChI is InChI=1S/2C21H46N.2CH4O3S.CH4.Li/c2*1-5-6-7-8-9-10-11-12-13-14-15-16-17-18-19-20-21-22(2,3)4;2*1-5(2,3)4;;/h2*5-21H2,1-4H3;2*1H3,(H,2,3,4);1H4;/q2*+1;;;;+1/p-2. The Morgan fingerprint density at radius 2 is 0.429 bits per heavy atom. The first-order chi connectivity index (χ1) is 25.1. The van der Waals surface area contributed by atoms with Crippen LogP contribution in [-0.4, -0.2) is 103 Å². The molecule has 0 aliphatic heterocycles. The molecule has 0 aliphatic rings. The predicted molar refractivity (Wildman–Crippen MR) is 243 cm³/mol. The van der Waals surface area contributed by atoms with Crippen molar-refractivity contribution in [1.29, 1.82) is 0 Å². The number of quaternary nitrogens is 2. The molecule has 0 heterocycles. The van der Waals surface area contributed by atoms with Crippen LogP contribution in [0.5, 0.6) is 0 Å². The summed E-state index contributed by atoms with van der Waals surface area (Å²) in [4.78, 5) is 0. The van der Waals surface area contributed by atoms with E-state index in [1.165, 1.54) is 219 Å². The third-order valence-electron chi connectivity index (χ3n) is 9.36. The van der Waals surface area contributed by atoms with Gasteiger partial charge in [-0.05, 0) is 25.7 Å². The van der Waals surface area contributed by atoms with Gasteiger partial charge in [0.1, 0.15) is 0 Å². The summed E-state index contributed by atoms with van der Waals surface area (Å²) in [6, 6.07) is 0. The Morgan fingerprint density at radius 3 is 0.536 bits per heavy atom. The molecule has 0 aromatic carbocycles. The third kappa shape index (κ3) is 105. The molecule has 0 aromatic rings. The Hall–Kier alpha value is 0.337. The predicted octanol–water partition coefficient (Wildman–Crippen LogP) is 9.87. The summed E-state index contributed by atoms with van der Waals surface area (Å²) in [5, 5.41) is 0. The van der Waals surface area contributed by atoms with E-state index in [4.69, 9.17) is 25.9 Å². The summed E-state index contributed by atoms with van der Waals surface area (Å²) < 4.78 is 56.7. The van der Waals surface area contributed by atoms with E-state index in [0.29, 0.717) is 12.5 Å². The Bertz CT molecular complexity index is 845. The Balaban J connectivity index is -0.000000174. The SMILES string of the molecule is C.CCCCCCCCCCCCCCCCCC[N+](C)(C)C.CCCCCCCCCCCCCCCCCC[N+](C)(C)C.CS(=O)(=O)[O-].CS(=O)(=O)[O-].[Li+]. The van der Waals surface area contributed by atoms with E-state index in [1.807, 2.05) is 0 Å². The second-order valence-electron chi connectivity index (χ2n) is 18.0. The van der Waals surface area contributed by atoms with Crippen molar-refractivity contribution in [2.75, 3.05) is 67.9 Å². The minimum Gasteiger partial charge on any atom is -0.748 e. The largest absolute Gasteiger partial charge is 1.00 e. The van der Waals surface area contributed by atoms with E-state index in [-0.39, 0.29) is 26.3 Å². The first-order valence-electron chi connectivity index (χ1n) is 22.5. The Morgan fingerprint density at radius 1 is 0.321 bits per heavy atom. The van der Waals surface area contributed by atoms with E-state index in [1.54, 1.807) is 0 Å². The van der Waals surface area contributed by atoms with Crippen LogP contribution in [0.15, 0.2) is 0 Å². The van der Waals surface area contributed by atoms with Crippen molar-refractivity contribution in [3.8, 4) is 0 Å². The molecule has 0 amide bonds. The zero-order valence-corrected chi connectivity index (χ0v) is 40.8. The zero-order chi connectivity index (χ0) is 42.0. The van der Waals surface area contributed by atoms with Gasteiger partial charge >= 0.3 is 18.9 Å². The minimum absolute atomic E-state index is 0. The van der Waals surface area contributed by atoms with Gasteiger partial charge in [0.05, 0.1) is 75.6 Å². The fourth-order valence-corrected chi connectivity index (χ4v) is 6.27. The van der Waals surface area contributed by atoms with Crippen molar-refractivity contribution in [3.05, 3.63) is 0 Å². The Labute approximate surface area is 366 Å². The summed E-state index contributed by atoms with van der Waals surface area (Å²) in [7, 11) is 5.95. The minimum atomic E-state index is -3.92. The van der Waals surface area contributed by atoms with Gasteiger partial charge in [-0.3, -0.25) is 0 Å². The molecule has 8 nitrogen and oxygen atoms in total. The van der Waals surface area contributed by atoms with Gasteiger partial charge in [-0.15, -0.1) is 0 Å². The first kappa shape index (κ1) is 68.1. The van der Waals surface area contributed by atoms with Crippen LogP contribution in [0.3, 0.4) is 0 Å². The molecule has 0 saturated carbocycles. The molecule has 0 spiro atoms. The van der Waals surface area contributed by atoms with E-state index in [2.05, 4.69) is 56.1 Å². The van der Waals surface area contributed by atoms with Crippen LogP contribution in [0.1, 0.15) is 227 Å². The molecule has 0 radical (unpaired) electrons. The first-order valence-corrected chi connectivity index (χ1v) is 26.2. The molecule has 0 rings (SSSR count). The quantitative estimate of drug-likeness (QED) is 0.0276. The molecule has 0 unspecified atom stereocenters. The fraction of sp³-hybridized carbons (Fsp3) is 1.00. The molecule has 340 valence electrons. The van der Waals surface area contributed by atoms with Gasteiger partial charge in [-0.25, -0.2) is 16.8 Å². The molecular formula is C45H102LiN2O6S2+. The average Bonchev–Trinajstić information content (AvgIpc) is 3.02. The molecule has 11 heteroatoms. The van der Waals surface area contributed by atoms with E-state index < -0.39 is 20.2 Å². The summed E-state index contributed by atoms with van der Waals surface area (Å²) in [5.41, 5.74) is 0. The van der Waals surface area contributed by atoms with Crippen LogP contribution in [0.25, 0.3) is 0 Å². The second kappa shape index (κ2) is 48.0. The second-order valence-corrected chi connectivity index (χ2v) is 20.9. The molecule has 0 aliphatic carbocycles. The van der Waals surface area contributed by atoms with Crippen LogP contribution < -0.4 is 18.9 Å². The van der Waals surface area contributed by atoms with E-state index in [9.17, 15) is 0 Å². The van der Waals surface area contributed by atoms with Gasteiger partial charge in [0.25, 0.3) is 0 Å². The molecule has 0 fully saturated rings. The van der Waals surface area contributed by atoms with Crippen molar-refractivity contribution in [2.24, 2.45) is 0 Å². The summed E-state index contributed by atoms with van der Waals surface area (Å²) >= 11 is 0. The van der Waals surface area contributed by atoms with Crippen molar-refractivity contribution in [2.45, 2.75) is 227 Å². The van der Waals surface area contributed by atoms with Crippen molar-refractivity contribution < 1.29 is 53.8 Å². The number of hydrogen-bond acceptors (Lipinski definition) is 6. The zero-order valence-electron chi connectivity index (χ0n) is 39.2. The smallest absolute Gasteiger partial charge is 0.748 e. The van der Waals surface area contributed by atoms with Gasteiger partial charge in [0.2, 0.25) is 0 Å². The maximum atomic E-state index is 9.08. The summed E-state index contributed by atoms with van der Waals surface area (Å²) in [6.45, 7) is 7.26. The number of nitrogens with zero attached hydrogens (tertiary/aromatic N) is 2. The van der Waals surface area contributed by atoms with Gasteiger partial charge in [-0.1, -0.05) is 201 Å². The Kier molecular flexibility index (Phi) is 58.4. The number of unbranched alkanes of at least 4 members (excludes halogenated alkanes) is 30. The van der Waals surface area contributed by atoms with Crippen molar-refractivity contribution >= 4 is 20.2 Å². The molecule has 0 aromatic heterocycles. The molecular weight excluding hydrogens is 736 g/mol. The van der Waals surface area contributed by atoms with Gasteiger partial charge in [0, 0.05) is 12.5 Å². The summed E-state index contributed by atoms with van der Waals surface area (Å²) in [5.74, 6) is 0. The maximum absolute atomic E-state index is 9.08. The summed E-state index contributed by atoms with van der Waals surface area (Å²) in [6.07, 6.45) is 47.9. The fourth-order valence-electron chi connectivity index (χ4n) is 6.27. The van der Waals surface area contributed by atoms with Crippen LogP contribution >= 0.6 is 0 Å². The number of rotatable bonds is 34. The van der Waals surface area contributed by atoms with Crippen LogP contribution in [0, 0.1) is 0 Å². The average molecular weight is 838 g/mol. The molecule has 0 saturated heterocycles. The van der Waals surface area contributed by atoms with Gasteiger partial charge in [0.15, 0.2) is 0 Å². The topological polar surface area (TPSA) is 114 Å². The van der Waals surface area contributed by atoms with Gasteiger partial charge < -0.3 is 18.1 Å². The maximum Gasteiger partial charge on any atom is 1.00 e.